The Morgan fingerprint density at radius 2 is 2.36 bits per heavy atom. The second-order valence-electron chi connectivity index (χ2n) is 2.83. The fourth-order valence-electron chi connectivity index (χ4n) is 0.921. The molecule has 58 valence electrons. The minimum absolute atomic E-state index is 0.942. The van der Waals surface area contributed by atoms with Gasteiger partial charge < -0.3 is 0 Å². The molecule has 0 N–H and O–H groups in total. The summed E-state index contributed by atoms with van der Waals surface area (Å²) in [5.41, 5.74) is 1.21. The monoisotopic (exact) mass is 165 g/mol. The maximum Gasteiger partial charge on any atom is 0.0502 e. The maximum atomic E-state index is 4.26. The molecule has 0 aromatic carbocycles. The predicted octanol–water partition coefficient (Wildman–Crippen LogP) is 2.48. The molecule has 11 heavy (non-hydrogen) atoms. The third-order valence-corrected chi connectivity index (χ3v) is 3.12. The summed E-state index contributed by atoms with van der Waals surface area (Å²) in [7, 11) is 0. The molecule has 1 aromatic rings. The lowest BCUT2D eigenvalue weighted by molar-refractivity contribution is 1.17. The quantitative estimate of drug-likeness (QED) is 0.682. The van der Waals surface area contributed by atoms with E-state index in [0.717, 1.165) is 11.0 Å². The molecular weight excluding hydrogens is 154 g/mol. The van der Waals surface area contributed by atoms with Gasteiger partial charge >= 0.3 is 0 Å². The molecule has 0 unspecified atom stereocenters. The molecule has 0 amide bonds. The highest BCUT2D eigenvalue weighted by Gasteiger charge is 2.21. The van der Waals surface area contributed by atoms with Gasteiger partial charge in [0.05, 0.1) is 5.69 Å². The van der Waals surface area contributed by atoms with E-state index in [2.05, 4.69) is 17.1 Å². The van der Waals surface area contributed by atoms with Crippen LogP contribution in [0, 0.1) is 0 Å². The highest BCUT2D eigenvalue weighted by molar-refractivity contribution is 7.99. The van der Waals surface area contributed by atoms with Crippen molar-refractivity contribution in [3.8, 4) is 0 Å². The Labute approximate surface area is 71.2 Å². The first-order valence-electron chi connectivity index (χ1n) is 3.96. The van der Waals surface area contributed by atoms with E-state index in [4.69, 9.17) is 0 Å². The Bertz CT molecular complexity index is 218. The van der Waals surface area contributed by atoms with E-state index in [1.54, 1.807) is 0 Å². The zero-order valence-electron chi connectivity index (χ0n) is 6.36. The third kappa shape index (κ3) is 2.22. The maximum absolute atomic E-state index is 4.26. The number of thioether (sulfide) groups is 1. The van der Waals surface area contributed by atoms with E-state index in [1.807, 2.05) is 24.0 Å². The van der Waals surface area contributed by atoms with Crippen LogP contribution in [0.1, 0.15) is 18.5 Å². The number of rotatable bonds is 3. The van der Waals surface area contributed by atoms with Gasteiger partial charge in [-0.25, -0.2) is 0 Å². The average Bonchev–Trinajstić information content (AvgIpc) is 2.86. The molecule has 0 saturated heterocycles. The second-order valence-corrected chi connectivity index (χ2v) is 4.12. The largest absolute Gasteiger partial charge is 0.260 e. The van der Waals surface area contributed by atoms with Gasteiger partial charge in [-0.3, -0.25) is 4.98 Å². The van der Waals surface area contributed by atoms with Crippen molar-refractivity contribution in [3.63, 3.8) is 0 Å². The molecule has 2 heteroatoms. The number of aromatic nitrogens is 1. The molecule has 1 saturated carbocycles. The standard InChI is InChI=1S/C9H11NS/c1-2-6-10-8(3-1)7-11-9-4-5-9/h1-3,6,9H,4-5,7H2. The zero-order valence-corrected chi connectivity index (χ0v) is 7.18. The van der Waals surface area contributed by atoms with E-state index in [9.17, 15) is 0 Å². The molecular formula is C9H11NS. The molecule has 1 aliphatic rings. The van der Waals surface area contributed by atoms with Gasteiger partial charge in [-0.2, -0.15) is 11.8 Å². The summed E-state index contributed by atoms with van der Waals surface area (Å²) >= 11 is 2.03. The van der Waals surface area contributed by atoms with Crippen LogP contribution in [0.25, 0.3) is 0 Å². The molecule has 1 nitrogen and oxygen atoms in total. The van der Waals surface area contributed by atoms with Gasteiger partial charge in [-0.15, -0.1) is 0 Å². The number of pyridine rings is 1. The molecule has 1 heterocycles. The first-order valence-corrected chi connectivity index (χ1v) is 5.01. The van der Waals surface area contributed by atoms with Crippen LogP contribution in [0.3, 0.4) is 0 Å². The number of hydrogen-bond acceptors (Lipinski definition) is 2. The van der Waals surface area contributed by atoms with Gasteiger partial charge in [-0.05, 0) is 25.0 Å². The van der Waals surface area contributed by atoms with Gasteiger partial charge in [0, 0.05) is 17.2 Å². The highest BCUT2D eigenvalue weighted by Crippen LogP contribution is 2.35. The molecule has 0 aliphatic heterocycles. The van der Waals surface area contributed by atoms with Crippen molar-refractivity contribution < 1.29 is 0 Å². The Kier molecular flexibility index (Phi) is 2.13. The summed E-state index contributed by atoms with van der Waals surface area (Å²) in [6.07, 6.45) is 4.69. The van der Waals surface area contributed by atoms with E-state index >= 15 is 0 Å². The lowest BCUT2D eigenvalue weighted by atomic mass is 10.4. The Morgan fingerprint density at radius 1 is 1.45 bits per heavy atom. The van der Waals surface area contributed by atoms with Gasteiger partial charge in [0.2, 0.25) is 0 Å². The van der Waals surface area contributed by atoms with Crippen LogP contribution < -0.4 is 0 Å². The first kappa shape index (κ1) is 7.17. The molecule has 1 aromatic heterocycles. The number of nitrogens with zero attached hydrogens (tertiary/aromatic N) is 1. The molecule has 2 rings (SSSR count). The van der Waals surface area contributed by atoms with Crippen LogP contribution in [0.2, 0.25) is 0 Å². The topological polar surface area (TPSA) is 12.9 Å². The predicted molar refractivity (Wildman–Crippen MR) is 48.6 cm³/mol. The summed E-state index contributed by atoms with van der Waals surface area (Å²) in [6, 6.07) is 6.11. The van der Waals surface area contributed by atoms with E-state index in [0.29, 0.717) is 0 Å². The summed E-state index contributed by atoms with van der Waals surface area (Å²) in [6.45, 7) is 0. The fourth-order valence-corrected chi connectivity index (χ4v) is 1.97. The molecule has 0 bridgehead atoms. The highest BCUT2D eigenvalue weighted by atomic mass is 32.2. The zero-order chi connectivity index (χ0) is 7.52. The van der Waals surface area contributed by atoms with Crippen molar-refractivity contribution in [2.75, 3.05) is 0 Å². The normalized spacial score (nSPS) is 16.7. The Balaban J connectivity index is 1.85. The van der Waals surface area contributed by atoms with Gasteiger partial charge in [0.15, 0.2) is 0 Å². The smallest absolute Gasteiger partial charge is 0.0502 e. The minimum Gasteiger partial charge on any atom is -0.260 e. The van der Waals surface area contributed by atoms with Crippen molar-refractivity contribution >= 4 is 11.8 Å². The lowest BCUT2D eigenvalue weighted by Crippen LogP contribution is -1.85. The first-order chi connectivity index (χ1) is 5.45. The Morgan fingerprint density at radius 3 is 3.00 bits per heavy atom. The molecule has 0 radical (unpaired) electrons. The van der Waals surface area contributed by atoms with Crippen LogP contribution in [0.15, 0.2) is 24.4 Å². The molecule has 0 spiro atoms. The van der Waals surface area contributed by atoms with Crippen LogP contribution in [-0.2, 0) is 5.75 Å². The Hall–Kier alpha value is -0.500. The van der Waals surface area contributed by atoms with Crippen molar-refractivity contribution in [2.24, 2.45) is 0 Å². The minimum atomic E-state index is 0.942. The summed E-state index contributed by atoms with van der Waals surface area (Å²) in [4.78, 5) is 4.26. The summed E-state index contributed by atoms with van der Waals surface area (Å²) in [5.74, 6) is 1.09. The van der Waals surface area contributed by atoms with Crippen LogP contribution >= 0.6 is 11.8 Å². The van der Waals surface area contributed by atoms with Gasteiger partial charge in [0.1, 0.15) is 0 Å². The second kappa shape index (κ2) is 3.26. The summed E-state index contributed by atoms with van der Waals surface area (Å²) in [5, 5.41) is 0.942. The SMILES string of the molecule is c1ccc(CSC2CC2)nc1. The number of hydrogen-bond donors (Lipinski definition) is 0. The molecule has 0 atom stereocenters. The van der Waals surface area contributed by atoms with Gasteiger partial charge in [0.25, 0.3) is 0 Å². The van der Waals surface area contributed by atoms with Crippen molar-refractivity contribution in [1.82, 2.24) is 4.98 Å². The molecule has 1 aliphatic carbocycles. The van der Waals surface area contributed by atoms with E-state index in [1.165, 1.54) is 18.5 Å². The van der Waals surface area contributed by atoms with Crippen molar-refractivity contribution in [3.05, 3.63) is 30.1 Å². The van der Waals surface area contributed by atoms with Crippen LogP contribution in [-0.4, -0.2) is 10.2 Å². The van der Waals surface area contributed by atoms with Crippen molar-refractivity contribution in [1.29, 1.82) is 0 Å². The van der Waals surface area contributed by atoms with E-state index in [-0.39, 0.29) is 0 Å². The van der Waals surface area contributed by atoms with Gasteiger partial charge in [-0.1, -0.05) is 6.07 Å². The average molecular weight is 165 g/mol. The van der Waals surface area contributed by atoms with E-state index < -0.39 is 0 Å². The fraction of sp³-hybridized carbons (Fsp3) is 0.444. The summed E-state index contributed by atoms with van der Waals surface area (Å²) < 4.78 is 0. The lowest BCUT2D eigenvalue weighted by Gasteiger charge is -1.96. The van der Waals surface area contributed by atoms with Crippen LogP contribution in [0.5, 0.6) is 0 Å². The molecule has 1 fully saturated rings. The third-order valence-electron chi connectivity index (χ3n) is 1.72. The van der Waals surface area contributed by atoms with Crippen molar-refractivity contribution in [2.45, 2.75) is 23.8 Å². The van der Waals surface area contributed by atoms with Crippen LogP contribution in [0.4, 0.5) is 0 Å².